The number of ether oxygens (including phenoxy) is 2. The van der Waals surface area contributed by atoms with E-state index in [0.29, 0.717) is 6.61 Å². The number of nitrogens with zero attached hydrogens (tertiary/aromatic N) is 1. The second kappa shape index (κ2) is 8.27. The van der Waals surface area contributed by atoms with E-state index in [-0.39, 0.29) is 0 Å². The minimum absolute atomic E-state index is 0.614. The first kappa shape index (κ1) is 15.3. The molecule has 1 aromatic heterocycles. The molecular weight excluding hydrogens is 264 g/mol. The molecule has 1 aromatic carbocycles. The topological polar surface area (TPSA) is 43.4 Å². The average Bonchev–Trinajstić information content (AvgIpc) is 2.50. The summed E-state index contributed by atoms with van der Waals surface area (Å²) in [5, 5.41) is 3.33. The van der Waals surface area contributed by atoms with Crippen LogP contribution in [0.3, 0.4) is 0 Å². The summed E-state index contributed by atoms with van der Waals surface area (Å²) in [6.45, 7) is 6.45. The highest BCUT2D eigenvalue weighted by Gasteiger charge is 2.06. The maximum absolute atomic E-state index is 5.92. The first-order valence-electron chi connectivity index (χ1n) is 7.38. The molecule has 0 aliphatic heterocycles. The van der Waals surface area contributed by atoms with Gasteiger partial charge in [0.1, 0.15) is 5.75 Å². The first-order valence-corrected chi connectivity index (χ1v) is 7.38. The molecule has 0 saturated carbocycles. The molecule has 0 unspecified atom stereocenters. The van der Waals surface area contributed by atoms with E-state index in [4.69, 9.17) is 9.47 Å². The standard InChI is InChI=1S/C17H22N2O2/c1-3-10-18-13-14-12-15(9-11-19-14)21-17-8-6-5-7-16(17)20-4-2/h5-9,11-12,18H,3-4,10,13H2,1-2H3. The van der Waals surface area contributed by atoms with Crippen molar-refractivity contribution in [3.05, 3.63) is 48.3 Å². The zero-order valence-corrected chi connectivity index (χ0v) is 12.6. The molecular formula is C17H22N2O2. The molecule has 2 aromatic rings. The molecule has 0 atom stereocenters. The van der Waals surface area contributed by atoms with E-state index in [1.54, 1.807) is 6.20 Å². The number of aromatic nitrogens is 1. The smallest absolute Gasteiger partial charge is 0.169 e. The van der Waals surface area contributed by atoms with Crippen LogP contribution < -0.4 is 14.8 Å². The van der Waals surface area contributed by atoms with Gasteiger partial charge in [-0.15, -0.1) is 0 Å². The van der Waals surface area contributed by atoms with Crippen LogP contribution in [0.25, 0.3) is 0 Å². The van der Waals surface area contributed by atoms with Crippen LogP contribution in [0.1, 0.15) is 26.0 Å². The van der Waals surface area contributed by atoms with Crippen LogP contribution in [0.4, 0.5) is 0 Å². The summed E-state index contributed by atoms with van der Waals surface area (Å²) in [6.07, 6.45) is 2.87. The monoisotopic (exact) mass is 286 g/mol. The van der Waals surface area contributed by atoms with Crippen LogP contribution in [0.5, 0.6) is 17.2 Å². The van der Waals surface area contributed by atoms with E-state index >= 15 is 0 Å². The first-order chi connectivity index (χ1) is 10.3. The van der Waals surface area contributed by atoms with Crippen molar-refractivity contribution in [1.29, 1.82) is 0 Å². The normalized spacial score (nSPS) is 10.4. The molecule has 0 radical (unpaired) electrons. The van der Waals surface area contributed by atoms with Crippen molar-refractivity contribution in [3.8, 4) is 17.2 Å². The largest absolute Gasteiger partial charge is 0.490 e. The maximum Gasteiger partial charge on any atom is 0.169 e. The minimum Gasteiger partial charge on any atom is -0.490 e. The van der Waals surface area contributed by atoms with Gasteiger partial charge >= 0.3 is 0 Å². The van der Waals surface area contributed by atoms with Gasteiger partial charge in [-0.05, 0) is 38.1 Å². The Kier molecular flexibility index (Phi) is 6.03. The van der Waals surface area contributed by atoms with E-state index in [0.717, 1.165) is 42.5 Å². The van der Waals surface area contributed by atoms with Crippen molar-refractivity contribution in [3.63, 3.8) is 0 Å². The number of hydrogen-bond acceptors (Lipinski definition) is 4. The molecule has 0 saturated heterocycles. The van der Waals surface area contributed by atoms with Crippen LogP contribution in [0, 0.1) is 0 Å². The van der Waals surface area contributed by atoms with Gasteiger partial charge in [-0.25, -0.2) is 0 Å². The predicted molar refractivity (Wildman–Crippen MR) is 83.9 cm³/mol. The lowest BCUT2D eigenvalue weighted by Gasteiger charge is -2.12. The Labute approximate surface area is 126 Å². The summed E-state index contributed by atoms with van der Waals surface area (Å²) in [5.41, 5.74) is 0.967. The Morgan fingerprint density at radius 2 is 1.90 bits per heavy atom. The van der Waals surface area contributed by atoms with Gasteiger partial charge in [0.25, 0.3) is 0 Å². The molecule has 0 fully saturated rings. The highest BCUT2D eigenvalue weighted by Crippen LogP contribution is 2.31. The number of pyridine rings is 1. The molecule has 21 heavy (non-hydrogen) atoms. The third kappa shape index (κ3) is 4.76. The van der Waals surface area contributed by atoms with E-state index in [9.17, 15) is 0 Å². The predicted octanol–water partition coefficient (Wildman–Crippen LogP) is 3.77. The van der Waals surface area contributed by atoms with Crippen molar-refractivity contribution >= 4 is 0 Å². The highest BCUT2D eigenvalue weighted by molar-refractivity contribution is 5.42. The zero-order valence-electron chi connectivity index (χ0n) is 12.6. The highest BCUT2D eigenvalue weighted by atomic mass is 16.5. The number of rotatable bonds is 8. The summed E-state index contributed by atoms with van der Waals surface area (Å²) in [7, 11) is 0. The average molecular weight is 286 g/mol. The lowest BCUT2D eigenvalue weighted by Crippen LogP contribution is -2.14. The molecule has 0 amide bonds. The fourth-order valence-electron chi connectivity index (χ4n) is 1.95. The van der Waals surface area contributed by atoms with Crippen LogP contribution in [0.15, 0.2) is 42.6 Å². The second-order valence-corrected chi connectivity index (χ2v) is 4.64. The van der Waals surface area contributed by atoms with Gasteiger partial charge in [0.2, 0.25) is 0 Å². The van der Waals surface area contributed by atoms with Crippen molar-refractivity contribution in [2.45, 2.75) is 26.8 Å². The molecule has 0 bridgehead atoms. The number of hydrogen-bond donors (Lipinski definition) is 1. The maximum atomic E-state index is 5.92. The van der Waals surface area contributed by atoms with E-state index < -0.39 is 0 Å². The number of nitrogens with one attached hydrogen (secondary N) is 1. The third-order valence-electron chi connectivity index (χ3n) is 2.90. The van der Waals surface area contributed by atoms with Gasteiger partial charge in [0.15, 0.2) is 11.5 Å². The SMILES string of the molecule is CCCNCc1cc(Oc2ccccc2OCC)ccn1. The molecule has 0 aliphatic rings. The Morgan fingerprint density at radius 1 is 1.10 bits per heavy atom. The van der Waals surface area contributed by atoms with E-state index in [1.807, 2.05) is 43.3 Å². The van der Waals surface area contributed by atoms with Crippen molar-refractivity contribution in [2.24, 2.45) is 0 Å². The molecule has 1 heterocycles. The lowest BCUT2D eigenvalue weighted by atomic mass is 10.3. The summed E-state index contributed by atoms with van der Waals surface area (Å²) < 4.78 is 11.5. The minimum atomic E-state index is 0.614. The fraction of sp³-hybridized carbons (Fsp3) is 0.353. The molecule has 0 aliphatic carbocycles. The van der Waals surface area contributed by atoms with Crippen LogP contribution >= 0.6 is 0 Å². The van der Waals surface area contributed by atoms with Crippen molar-refractivity contribution < 1.29 is 9.47 Å². The van der Waals surface area contributed by atoms with Gasteiger partial charge in [-0.3, -0.25) is 4.98 Å². The van der Waals surface area contributed by atoms with Crippen LogP contribution in [0.2, 0.25) is 0 Å². The molecule has 112 valence electrons. The summed E-state index contributed by atoms with van der Waals surface area (Å²) in [4.78, 5) is 4.34. The van der Waals surface area contributed by atoms with Crippen molar-refractivity contribution in [2.75, 3.05) is 13.2 Å². The van der Waals surface area contributed by atoms with Crippen LogP contribution in [-0.2, 0) is 6.54 Å². The molecule has 0 spiro atoms. The third-order valence-corrected chi connectivity index (χ3v) is 2.90. The molecule has 1 N–H and O–H groups in total. The zero-order chi connectivity index (χ0) is 14.9. The Balaban J connectivity index is 2.07. The summed E-state index contributed by atoms with van der Waals surface area (Å²) >= 11 is 0. The molecule has 2 rings (SSSR count). The lowest BCUT2D eigenvalue weighted by molar-refractivity contribution is 0.321. The quantitative estimate of drug-likeness (QED) is 0.750. The summed E-state index contributed by atoms with van der Waals surface area (Å²) in [5.74, 6) is 2.24. The van der Waals surface area contributed by atoms with Gasteiger partial charge in [0, 0.05) is 18.8 Å². The van der Waals surface area contributed by atoms with E-state index in [2.05, 4.69) is 17.2 Å². The Morgan fingerprint density at radius 3 is 2.67 bits per heavy atom. The number of benzene rings is 1. The molecule has 4 heteroatoms. The summed E-state index contributed by atoms with van der Waals surface area (Å²) in [6, 6.07) is 11.5. The van der Waals surface area contributed by atoms with Gasteiger partial charge in [-0.2, -0.15) is 0 Å². The van der Waals surface area contributed by atoms with Gasteiger partial charge in [0.05, 0.1) is 12.3 Å². The fourth-order valence-corrected chi connectivity index (χ4v) is 1.95. The Bertz CT molecular complexity index is 558. The molecule has 4 nitrogen and oxygen atoms in total. The van der Waals surface area contributed by atoms with Gasteiger partial charge < -0.3 is 14.8 Å². The Hall–Kier alpha value is -2.07. The van der Waals surface area contributed by atoms with Crippen LogP contribution in [-0.4, -0.2) is 18.1 Å². The second-order valence-electron chi connectivity index (χ2n) is 4.64. The number of para-hydroxylation sites is 2. The van der Waals surface area contributed by atoms with Gasteiger partial charge in [-0.1, -0.05) is 19.1 Å². The van der Waals surface area contributed by atoms with Crippen molar-refractivity contribution in [1.82, 2.24) is 10.3 Å². The van der Waals surface area contributed by atoms with E-state index in [1.165, 1.54) is 0 Å².